The summed E-state index contributed by atoms with van der Waals surface area (Å²) in [7, 11) is 0. The highest BCUT2D eigenvalue weighted by Crippen LogP contribution is 2.42. The first-order valence-electron chi connectivity index (χ1n) is 4.40. The zero-order chi connectivity index (χ0) is 9.41. The molecule has 0 aliphatic heterocycles. The first-order chi connectivity index (χ1) is 5.36. The smallest absolute Gasteiger partial charge is 0.0107 e. The second-order valence-electron chi connectivity index (χ2n) is 4.85. The monoisotopic (exact) mass is 182 g/mol. The van der Waals surface area contributed by atoms with E-state index in [0.29, 0.717) is 5.41 Å². The molecule has 68 valence electrons. The summed E-state index contributed by atoms with van der Waals surface area (Å²) in [5.41, 5.74) is 0.610. The second-order valence-corrected chi connectivity index (χ2v) is 5.80. The Morgan fingerprint density at radius 3 is 2.00 bits per heavy atom. The minimum absolute atomic E-state index is 0.279. The SMILES string of the molecule is CC(C)(C)C(C)(C)c1cccs1. The number of thiophene rings is 1. The van der Waals surface area contributed by atoms with Crippen molar-refractivity contribution in [2.45, 2.75) is 40.0 Å². The van der Waals surface area contributed by atoms with Crippen molar-refractivity contribution in [3.05, 3.63) is 22.4 Å². The number of hydrogen-bond acceptors (Lipinski definition) is 1. The molecule has 1 aromatic heterocycles. The van der Waals surface area contributed by atoms with Crippen LogP contribution in [0.25, 0.3) is 0 Å². The molecule has 1 rings (SSSR count). The van der Waals surface area contributed by atoms with Gasteiger partial charge in [0.05, 0.1) is 0 Å². The standard InChI is InChI=1S/C11H18S/c1-10(2,3)11(4,5)9-7-6-8-12-9/h6-8H,1-5H3. The molecule has 0 bridgehead atoms. The third-order valence-corrected chi connectivity index (χ3v) is 4.21. The Bertz CT molecular complexity index is 236. The van der Waals surface area contributed by atoms with Crippen LogP contribution in [-0.4, -0.2) is 0 Å². The van der Waals surface area contributed by atoms with E-state index in [0.717, 1.165) is 0 Å². The van der Waals surface area contributed by atoms with Gasteiger partial charge in [-0.1, -0.05) is 40.7 Å². The molecule has 0 atom stereocenters. The maximum Gasteiger partial charge on any atom is 0.0107 e. The van der Waals surface area contributed by atoms with Crippen LogP contribution < -0.4 is 0 Å². The summed E-state index contributed by atoms with van der Waals surface area (Å²) in [6.07, 6.45) is 0. The van der Waals surface area contributed by atoms with E-state index in [1.54, 1.807) is 0 Å². The van der Waals surface area contributed by atoms with Crippen LogP contribution in [0.1, 0.15) is 39.5 Å². The lowest BCUT2D eigenvalue weighted by atomic mass is 9.68. The third kappa shape index (κ3) is 1.56. The van der Waals surface area contributed by atoms with Crippen molar-refractivity contribution in [2.24, 2.45) is 5.41 Å². The van der Waals surface area contributed by atoms with Crippen LogP contribution in [0.4, 0.5) is 0 Å². The van der Waals surface area contributed by atoms with Crippen molar-refractivity contribution in [1.82, 2.24) is 0 Å². The van der Waals surface area contributed by atoms with E-state index < -0.39 is 0 Å². The summed E-state index contributed by atoms with van der Waals surface area (Å²) in [5, 5.41) is 2.16. The Hall–Kier alpha value is -0.300. The predicted molar refractivity (Wildman–Crippen MR) is 56.8 cm³/mol. The molecule has 0 spiro atoms. The van der Waals surface area contributed by atoms with Gasteiger partial charge in [-0.3, -0.25) is 0 Å². The molecular weight excluding hydrogens is 164 g/mol. The molecule has 0 aromatic carbocycles. The van der Waals surface area contributed by atoms with Crippen molar-refractivity contribution in [3.8, 4) is 0 Å². The topological polar surface area (TPSA) is 0 Å². The third-order valence-electron chi connectivity index (χ3n) is 3.01. The Morgan fingerprint density at radius 2 is 1.67 bits per heavy atom. The zero-order valence-corrected chi connectivity index (χ0v) is 9.46. The first-order valence-corrected chi connectivity index (χ1v) is 5.27. The van der Waals surface area contributed by atoms with E-state index in [1.165, 1.54) is 4.88 Å². The van der Waals surface area contributed by atoms with Crippen molar-refractivity contribution in [3.63, 3.8) is 0 Å². The fourth-order valence-electron chi connectivity index (χ4n) is 1.00. The summed E-state index contributed by atoms with van der Waals surface area (Å²) < 4.78 is 0. The van der Waals surface area contributed by atoms with E-state index in [9.17, 15) is 0 Å². The van der Waals surface area contributed by atoms with Gasteiger partial charge in [0.1, 0.15) is 0 Å². The summed E-state index contributed by atoms with van der Waals surface area (Å²) >= 11 is 1.86. The highest BCUT2D eigenvalue weighted by Gasteiger charge is 2.34. The van der Waals surface area contributed by atoms with Crippen LogP contribution in [0, 0.1) is 5.41 Å². The molecule has 1 heteroatoms. The molecule has 0 nitrogen and oxygen atoms in total. The van der Waals surface area contributed by atoms with Gasteiger partial charge in [0.15, 0.2) is 0 Å². The summed E-state index contributed by atoms with van der Waals surface area (Å²) in [5.74, 6) is 0. The van der Waals surface area contributed by atoms with Crippen LogP contribution in [-0.2, 0) is 5.41 Å². The molecule has 0 saturated heterocycles. The normalized spacial score (nSPS) is 13.4. The van der Waals surface area contributed by atoms with E-state index >= 15 is 0 Å². The second kappa shape index (κ2) is 2.88. The van der Waals surface area contributed by atoms with Gasteiger partial charge in [-0.2, -0.15) is 0 Å². The molecule has 12 heavy (non-hydrogen) atoms. The highest BCUT2D eigenvalue weighted by atomic mass is 32.1. The van der Waals surface area contributed by atoms with Crippen molar-refractivity contribution in [2.75, 3.05) is 0 Å². The van der Waals surface area contributed by atoms with Gasteiger partial charge in [-0.05, 0) is 16.9 Å². The van der Waals surface area contributed by atoms with Crippen LogP contribution in [0.5, 0.6) is 0 Å². The van der Waals surface area contributed by atoms with Crippen LogP contribution in [0.3, 0.4) is 0 Å². The molecule has 0 fully saturated rings. The van der Waals surface area contributed by atoms with Gasteiger partial charge in [0.2, 0.25) is 0 Å². The zero-order valence-electron chi connectivity index (χ0n) is 8.64. The van der Waals surface area contributed by atoms with Gasteiger partial charge in [0, 0.05) is 10.3 Å². The largest absolute Gasteiger partial charge is 0.148 e. The quantitative estimate of drug-likeness (QED) is 0.614. The van der Waals surface area contributed by atoms with Crippen molar-refractivity contribution < 1.29 is 0 Å². The first kappa shape index (κ1) is 9.79. The Labute approximate surface area is 79.6 Å². The predicted octanol–water partition coefficient (Wildman–Crippen LogP) is 4.07. The minimum Gasteiger partial charge on any atom is -0.148 e. The number of hydrogen-bond donors (Lipinski definition) is 0. The van der Waals surface area contributed by atoms with Gasteiger partial charge in [0.25, 0.3) is 0 Å². The Kier molecular flexibility index (Phi) is 2.35. The van der Waals surface area contributed by atoms with Crippen molar-refractivity contribution >= 4 is 11.3 Å². The highest BCUT2D eigenvalue weighted by molar-refractivity contribution is 7.10. The fourth-order valence-corrected chi connectivity index (χ4v) is 2.07. The van der Waals surface area contributed by atoms with Crippen LogP contribution >= 0.6 is 11.3 Å². The Morgan fingerprint density at radius 1 is 1.08 bits per heavy atom. The lowest BCUT2D eigenvalue weighted by molar-refractivity contribution is 0.230. The molecule has 0 unspecified atom stereocenters. The van der Waals surface area contributed by atoms with Gasteiger partial charge in [-0.15, -0.1) is 11.3 Å². The molecule has 0 amide bonds. The summed E-state index contributed by atoms with van der Waals surface area (Å²) in [4.78, 5) is 1.48. The molecule has 1 heterocycles. The molecule has 0 saturated carbocycles. The van der Waals surface area contributed by atoms with E-state index in [-0.39, 0.29) is 5.41 Å². The minimum atomic E-state index is 0.279. The van der Waals surface area contributed by atoms with Crippen LogP contribution in [0.15, 0.2) is 17.5 Å². The number of rotatable bonds is 1. The lowest BCUT2D eigenvalue weighted by Crippen LogP contribution is -2.32. The van der Waals surface area contributed by atoms with E-state index in [2.05, 4.69) is 52.1 Å². The fraction of sp³-hybridized carbons (Fsp3) is 0.636. The average Bonchev–Trinajstić information content (AvgIpc) is 2.34. The molecule has 0 radical (unpaired) electrons. The molecular formula is C11H18S. The average molecular weight is 182 g/mol. The molecule has 1 aromatic rings. The molecule has 0 aliphatic carbocycles. The van der Waals surface area contributed by atoms with Gasteiger partial charge < -0.3 is 0 Å². The van der Waals surface area contributed by atoms with Crippen LogP contribution in [0.2, 0.25) is 0 Å². The Balaban J connectivity index is 3.02. The van der Waals surface area contributed by atoms with E-state index in [4.69, 9.17) is 0 Å². The maximum atomic E-state index is 2.32. The lowest BCUT2D eigenvalue weighted by Gasteiger charge is -2.38. The molecule has 0 aliphatic rings. The van der Waals surface area contributed by atoms with E-state index in [1.807, 2.05) is 11.3 Å². The molecule has 0 N–H and O–H groups in total. The summed E-state index contributed by atoms with van der Waals surface area (Å²) in [6, 6.07) is 4.36. The summed E-state index contributed by atoms with van der Waals surface area (Å²) in [6.45, 7) is 11.5. The van der Waals surface area contributed by atoms with Crippen molar-refractivity contribution in [1.29, 1.82) is 0 Å². The van der Waals surface area contributed by atoms with Gasteiger partial charge in [-0.25, -0.2) is 0 Å². The van der Waals surface area contributed by atoms with Gasteiger partial charge >= 0.3 is 0 Å². The maximum absolute atomic E-state index is 2.32.